The lowest BCUT2D eigenvalue weighted by Gasteiger charge is -2.23. The molecule has 9 nitrogen and oxygen atoms in total. The summed E-state index contributed by atoms with van der Waals surface area (Å²) in [5.74, 6) is -2.01. The van der Waals surface area contributed by atoms with Crippen molar-refractivity contribution in [3.05, 3.63) is 143 Å². The van der Waals surface area contributed by atoms with Gasteiger partial charge in [0.25, 0.3) is 10.1 Å². The molecule has 5 rings (SSSR count). The molecule has 230 valence electrons. The van der Waals surface area contributed by atoms with Gasteiger partial charge < -0.3 is 15.7 Å². The van der Waals surface area contributed by atoms with Crippen molar-refractivity contribution in [2.45, 2.75) is 29.6 Å². The number of rotatable bonds is 10. The average molecular weight is 643 g/mol. The molecule has 0 heterocycles. The molecular weight excluding hydrogens is 613 g/mol. The minimum atomic E-state index is -4.69. The summed E-state index contributed by atoms with van der Waals surface area (Å²) in [6.07, 6.45) is 0. The van der Waals surface area contributed by atoms with E-state index in [2.05, 4.69) is 10.6 Å². The molecular formula is C34H30N2O7S2. The van der Waals surface area contributed by atoms with Crippen LogP contribution in [0.15, 0.2) is 119 Å². The van der Waals surface area contributed by atoms with Crippen LogP contribution in [0.4, 0.5) is 22.7 Å². The Labute approximate surface area is 262 Å². The molecule has 0 spiro atoms. The second-order valence-electron chi connectivity index (χ2n) is 10.5. The molecule has 11 heteroatoms. The van der Waals surface area contributed by atoms with E-state index in [-0.39, 0.29) is 16.0 Å². The maximum atomic E-state index is 12.5. The van der Waals surface area contributed by atoms with Crippen molar-refractivity contribution in [3.8, 4) is 0 Å². The van der Waals surface area contributed by atoms with E-state index in [0.717, 1.165) is 40.3 Å². The minimum absolute atomic E-state index is 0.0405. The highest BCUT2D eigenvalue weighted by atomic mass is 32.2. The normalized spacial score (nSPS) is 12.1. The van der Waals surface area contributed by atoms with Crippen molar-refractivity contribution < 1.29 is 31.3 Å². The lowest BCUT2D eigenvalue weighted by atomic mass is 9.84. The fraction of sp³-hybridized carbons (Fsp3) is 0.0882. The van der Waals surface area contributed by atoms with Gasteiger partial charge in [-0.2, -0.15) is 8.42 Å². The van der Waals surface area contributed by atoms with Gasteiger partial charge in [0.05, 0.1) is 21.0 Å². The van der Waals surface area contributed by atoms with Crippen molar-refractivity contribution in [2.75, 3.05) is 10.6 Å². The highest BCUT2D eigenvalue weighted by Gasteiger charge is 2.25. The van der Waals surface area contributed by atoms with Gasteiger partial charge in [-0.3, -0.25) is 4.55 Å². The average Bonchev–Trinajstić information content (AvgIpc) is 3.00. The molecule has 4 N–H and O–H groups in total. The van der Waals surface area contributed by atoms with E-state index >= 15 is 0 Å². The smallest absolute Gasteiger partial charge is 0.337 e. The van der Waals surface area contributed by atoms with Gasteiger partial charge in [-0.1, -0.05) is 60.7 Å². The van der Waals surface area contributed by atoms with Gasteiger partial charge in [0.2, 0.25) is 0 Å². The second kappa shape index (κ2) is 12.9. The quantitative estimate of drug-likeness (QED) is 0.0624. The molecule has 0 aromatic heterocycles. The fourth-order valence-corrected chi connectivity index (χ4v) is 6.40. The van der Waals surface area contributed by atoms with E-state index in [1.54, 1.807) is 24.3 Å². The van der Waals surface area contributed by atoms with Gasteiger partial charge in [0.15, 0.2) is 10.7 Å². The van der Waals surface area contributed by atoms with Gasteiger partial charge >= 0.3 is 5.97 Å². The number of hydrogen-bond donors (Lipinski definition) is 5. The van der Waals surface area contributed by atoms with Crippen molar-refractivity contribution >= 4 is 49.5 Å². The van der Waals surface area contributed by atoms with Gasteiger partial charge in [0, 0.05) is 23.0 Å². The molecule has 45 heavy (non-hydrogen) atoms. The number of nitrogens with one attached hydrogen (secondary N) is 2. The first-order valence-corrected chi connectivity index (χ1v) is 16.4. The number of benzene rings is 5. The summed E-state index contributed by atoms with van der Waals surface area (Å²) in [6, 6.07) is 30.6. The predicted molar refractivity (Wildman–Crippen MR) is 175 cm³/mol. The van der Waals surface area contributed by atoms with Gasteiger partial charge in [0.1, 0.15) is 0 Å². The zero-order valence-corrected chi connectivity index (χ0v) is 26.0. The van der Waals surface area contributed by atoms with Crippen LogP contribution in [-0.2, 0) is 20.8 Å². The summed E-state index contributed by atoms with van der Waals surface area (Å²) >= 11 is 0. The molecule has 1 atom stereocenters. The number of carbonyl (C=O) groups is 1. The van der Waals surface area contributed by atoms with E-state index in [4.69, 9.17) is 0 Å². The predicted octanol–water partition coefficient (Wildman–Crippen LogP) is 6.89. The Kier molecular flexibility index (Phi) is 9.05. The zero-order chi connectivity index (χ0) is 32.3. The van der Waals surface area contributed by atoms with Crippen LogP contribution in [0.5, 0.6) is 0 Å². The Morgan fingerprint density at radius 1 is 0.711 bits per heavy atom. The maximum Gasteiger partial charge on any atom is 0.337 e. The monoisotopic (exact) mass is 642 g/mol. The summed E-state index contributed by atoms with van der Waals surface area (Å²) in [6.45, 7) is 3.87. The first-order valence-electron chi connectivity index (χ1n) is 13.8. The lowest BCUT2D eigenvalue weighted by molar-refractivity contribution is 0.0697. The number of aromatic carboxylic acids is 1. The van der Waals surface area contributed by atoms with E-state index in [0.29, 0.717) is 16.8 Å². The summed E-state index contributed by atoms with van der Waals surface area (Å²) in [4.78, 5) is 11.6. The molecule has 0 aliphatic rings. The third-order valence-corrected chi connectivity index (χ3v) is 9.13. The summed E-state index contributed by atoms with van der Waals surface area (Å²) < 4.78 is 58.2. The van der Waals surface area contributed by atoms with Crippen molar-refractivity contribution in [1.29, 1.82) is 0 Å². The van der Waals surface area contributed by atoms with E-state index < -0.39 is 37.6 Å². The molecule has 0 saturated carbocycles. The molecule has 0 aliphatic carbocycles. The SMILES string of the molecule is Cc1ccccc1Nc1ccc(C(c2ccc(Nc3ccccc3C)c(C(=O)O)c2)c2ccc(S(=O)(=O)O)cc2[SH](=O)=O)cc1. The molecule has 0 amide bonds. The molecule has 0 aliphatic heterocycles. The third-order valence-electron chi connectivity index (χ3n) is 7.50. The van der Waals surface area contributed by atoms with Crippen molar-refractivity contribution in [2.24, 2.45) is 0 Å². The van der Waals surface area contributed by atoms with Crippen molar-refractivity contribution in [1.82, 2.24) is 0 Å². The molecule has 0 bridgehead atoms. The first-order chi connectivity index (χ1) is 21.4. The molecule has 0 fully saturated rings. The second-order valence-corrected chi connectivity index (χ2v) is 12.9. The van der Waals surface area contributed by atoms with Crippen LogP contribution in [0.2, 0.25) is 0 Å². The van der Waals surface area contributed by atoms with E-state index in [1.165, 1.54) is 12.1 Å². The van der Waals surface area contributed by atoms with Crippen LogP contribution in [0.3, 0.4) is 0 Å². The third kappa shape index (κ3) is 7.07. The Balaban J connectivity index is 1.65. The molecule has 5 aromatic rings. The van der Waals surface area contributed by atoms with Crippen LogP contribution >= 0.6 is 0 Å². The van der Waals surface area contributed by atoms with E-state index in [1.807, 2.05) is 74.5 Å². The van der Waals surface area contributed by atoms with Crippen molar-refractivity contribution in [3.63, 3.8) is 0 Å². The zero-order valence-electron chi connectivity index (χ0n) is 24.3. The van der Waals surface area contributed by atoms with Crippen LogP contribution in [-0.4, -0.2) is 32.5 Å². The topological polar surface area (TPSA) is 150 Å². The number of carboxylic acid groups (broad SMARTS) is 1. The van der Waals surface area contributed by atoms with E-state index in [9.17, 15) is 31.3 Å². The Morgan fingerprint density at radius 3 is 1.84 bits per heavy atom. The summed E-state index contributed by atoms with van der Waals surface area (Å²) in [7, 11) is -8.00. The van der Waals surface area contributed by atoms with Crippen LogP contribution in [0.25, 0.3) is 0 Å². The fourth-order valence-electron chi connectivity index (χ4n) is 5.15. The number of thiol groups is 1. The lowest BCUT2D eigenvalue weighted by Crippen LogP contribution is -2.11. The number of hydrogen-bond acceptors (Lipinski definition) is 7. The van der Waals surface area contributed by atoms with Gasteiger partial charge in [-0.15, -0.1) is 0 Å². The first kappa shape index (κ1) is 31.5. The Bertz CT molecular complexity index is 2080. The van der Waals surface area contributed by atoms with Crippen LogP contribution in [0.1, 0.15) is 44.1 Å². The number of para-hydroxylation sites is 2. The summed E-state index contributed by atoms with van der Waals surface area (Å²) in [5, 5.41) is 16.7. The largest absolute Gasteiger partial charge is 0.478 e. The Morgan fingerprint density at radius 2 is 1.29 bits per heavy atom. The molecule has 0 saturated heterocycles. The van der Waals surface area contributed by atoms with Gasteiger partial charge in [-0.05, 0) is 90.2 Å². The minimum Gasteiger partial charge on any atom is -0.478 e. The number of aryl methyl sites for hydroxylation is 2. The van der Waals surface area contributed by atoms with Crippen LogP contribution in [0, 0.1) is 13.8 Å². The molecule has 5 aromatic carbocycles. The van der Waals surface area contributed by atoms with Crippen LogP contribution < -0.4 is 10.6 Å². The standard InChI is InChI=1S/C34H30N2O7S2/c1-21-7-3-5-9-29(21)35-25-14-11-23(12-15-25)33(27-17-16-26(45(41,42)43)20-32(27)44(39)40)24-13-18-31(28(19-24)34(37)38)36-30-10-6-4-8-22(30)2/h3-20,33,35-36,44H,1-2H3,(H,37,38)(H,41,42,43). The highest BCUT2D eigenvalue weighted by molar-refractivity contribution is 7.85. The Hall–Kier alpha value is -4.97. The number of carboxylic acids is 1. The van der Waals surface area contributed by atoms with Gasteiger partial charge in [-0.25, -0.2) is 13.2 Å². The number of anilines is 4. The summed E-state index contributed by atoms with van der Waals surface area (Å²) in [5.41, 5.74) is 5.97. The highest BCUT2D eigenvalue weighted by Crippen LogP contribution is 2.38. The molecule has 0 radical (unpaired) electrons. The maximum absolute atomic E-state index is 12.5. The molecule has 1 unspecified atom stereocenters.